The van der Waals surface area contributed by atoms with E-state index in [0.717, 1.165) is 0 Å². The van der Waals surface area contributed by atoms with Crippen LogP contribution in [0.5, 0.6) is 0 Å². The van der Waals surface area contributed by atoms with E-state index in [4.69, 9.17) is 0 Å². The molecule has 0 radical (unpaired) electrons. The summed E-state index contributed by atoms with van der Waals surface area (Å²) in [7, 11) is 0. The second-order valence-electron chi connectivity index (χ2n) is 9.44. The molecule has 0 bridgehead atoms. The van der Waals surface area contributed by atoms with E-state index in [1.165, 1.54) is 13.8 Å². The summed E-state index contributed by atoms with van der Waals surface area (Å²) in [6, 6.07) is 0. The predicted molar refractivity (Wildman–Crippen MR) is 142 cm³/mol. The van der Waals surface area contributed by atoms with Crippen molar-refractivity contribution in [2.24, 2.45) is 0 Å². The molecule has 2 atom stereocenters. The van der Waals surface area contributed by atoms with Gasteiger partial charge in [0, 0.05) is 78.7 Å². The van der Waals surface area contributed by atoms with Crippen molar-refractivity contribution in [2.45, 2.75) is 84.0 Å². The maximum Gasteiger partial charge on any atom is 0.246 e. The minimum atomic E-state index is -1.43. The van der Waals surface area contributed by atoms with Crippen molar-refractivity contribution < 1.29 is 48.0 Å². The topological polar surface area (TPSA) is 197 Å². The monoisotopic (exact) mass is 594 g/mol. The molecule has 0 aliphatic rings. The number of carbonyl (C=O) groups excluding carboxylic acids is 6. The number of amides is 6. The average Bonchev–Trinajstić information content (AvgIpc) is 2.92. The highest BCUT2D eigenvalue weighted by atomic mass is 19.1. The molecule has 41 heavy (non-hydrogen) atoms. The van der Waals surface area contributed by atoms with Crippen molar-refractivity contribution in [1.82, 2.24) is 31.4 Å². The van der Waals surface area contributed by atoms with Gasteiger partial charge in [0.1, 0.15) is 12.3 Å². The van der Waals surface area contributed by atoms with Gasteiger partial charge in [-0.3, -0.25) is 39.2 Å². The maximum absolute atomic E-state index is 13.6. The maximum atomic E-state index is 13.6. The van der Waals surface area contributed by atoms with Crippen LogP contribution >= 0.6 is 0 Å². The lowest BCUT2D eigenvalue weighted by Gasteiger charge is -2.16. The third kappa shape index (κ3) is 22.0. The number of unbranched alkanes of at least 4 members (excludes halogenated alkanes) is 2. The first-order chi connectivity index (χ1) is 19.3. The number of nitrogens with one attached hydrogen (secondary N) is 4. The zero-order valence-electron chi connectivity index (χ0n) is 23.8. The van der Waals surface area contributed by atoms with Crippen molar-refractivity contribution >= 4 is 35.4 Å². The van der Waals surface area contributed by atoms with Crippen LogP contribution in [0.3, 0.4) is 0 Å². The molecule has 0 aromatic heterocycles. The van der Waals surface area contributed by atoms with Crippen molar-refractivity contribution in [3.63, 3.8) is 0 Å². The van der Waals surface area contributed by atoms with Crippen molar-refractivity contribution in [3.8, 4) is 0 Å². The molecule has 0 aliphatic carbocycles. The lowest BCUT2D eigenvalue weighted by molar-refractivity contribution is -0.166. The fraction of sp³-hybridized carbons (Fsp3) is 0.760. The SMILES string of the molecule is CC(=O)NCCC(F)CNC(=O)CCC(=O)N(O)CCCCCNC(=O)CCC(=O)N(O)CCC(F)CNC(C)=O. The van der Waals surface area contributed by atoms with Crippen LogP contribution in [0.4, 0.5) is 8.78 Å². The molecule has 0 rings (SSSR count). The van der Waals surface area contributed by atoms with Gasteiger partial charge in [0.15, 0.2) is 0 Å². The van der Waals surface area contributed by atoms with E-state index in [2.05, 4.69) is 21.3 Å². The molecule has 0 heterocycles. The number of hydroxylamine groups is 4. The summed E-state index contributed by atoms with van der Waals surface area (Å²) in [6.07, 6.45) is -2.28. The summed E-state index contributed by atoms with van der Waals surface area (Å²) in [4.78, 5) is 68.9. The molecular formula is C25H44F2N6O8. The number of hydrogen-bond donors (Lipinski definition) is 6. The smallest absolute Gasteiger partial charge is 0.246 e. The highest BCUT2D eigenvalue weighted by Gasteiger charge is 2.17. The molecule has 14 nitrogen and oxygen atoms in total. The van der Waals surface area contributed by atoms with Crippen LogP contribution < -0.4 is 21.3 Å². The Bertz CT molecular complexity index is 851. The Hall–Kier alpha value is -3.40. The Morgan fingerprint density at radius 3 is 1.71 bits per heavy atom. The molecule has 0 saturated carbocycles. The molecule has 16 heteroatoms. The first-order valence-corrected chi connectivity index (χ1v) is 13.6. The van der Waals surface area contributed by atoms with Crippen LogP contribution in [-0.4, -0.2) is 108 Å². The van der Waals surface area contributed by atoms with Gasteiger partial charge in [-0.2, -0.15) is 0 Å². The third-order valence-electron chi connectivity index (χ3n) is 5.66. The number of halogens is 2. The largest absolute Gasteiger partial charge is 0.356 e. The third-order valence-corrected chi connectivity index (χ3v) is 5.66. The normalized spacial score (nSPS) is 12.0. The van der Waals surface area contributed by atoms with E-state index >= 15 is 0 Å². The second-order valence-corrected chi connectivity index (χ2v) is 9.44. The second kappa shape index (κ2) is 22.3. The fourth-order valence-electron chi connectivity index (χ4n) is 3.27. The summed E-state index contributed by atoms with van der Waals surface area (Å²) >= 11 is 0. The Kier molecular flexibility index (Phi) is 20.5. The van der Waals surface area contributed by atoms with Gasteiger partial charge in [-0.05, 0) is 25.7 Å². The Balaban J connectivity index is 3.87. The van der Waals surface area contributed by atoms with Crippen molar-refractivity contribution in [1.29, 1.82) is 0 Å². The summed E-state index contributed by atoms with van der Waals surface area (Å²) in [5, 5.41) is 30.0. The number of hydrogen-bond acceptors (Lipinski definition) is 8. The number of carbonyl (C=O) groups is 6. The van der Waals surface area contributed by atoms with Crippen molar-refractivity contribution in [3.05, 3.63) is 0 Å². The van der Waals surface area contributed by atoms with E-state index in [9.17, 15) is 48.0 Å². The summed E-state index contributed by atoms with van der Waals surface area (Å²) < 4.78 is 27.2. The number of alkyl halides is 2. The standard InChI is InChI=1S/C25H44F2N6O8/c1-18(34)28-13-10-20(26)17-31-23(37)7-9-24(38)32(40)14-5-3-4-12-29-22(36)6-8-25(39)33(41)15-11-21(27)16-30-19(2)35/h20-21,40-41H,3-17H2,1-2H3,(H,28,34)(H,29,36)(H,30,35)(H,31,37). The summed E-state index contributed by atoms with van der Waals surface area (Å²) in [5.41, 5.74) is 0. The first kappa shape index (κ1) is 37.6. The van der Waals surface area contributed by atoms with Gasteiger partial charge in [-0.1, -0.05) is 0 Å². The van der Waals surface area contributed by atoms with E-state index in [-0.39, 0.29) is 83.1 Å². The van der Waals surface area contributed by atoms with Crippen LogP contribution in [0.1, 0.15) is 71.6 Å². The first-order valence-electron chi connectivity index (χ1n) is 13.6. The molecule has 6 amide bonds. The molecule has 6 N–H and O–H groups in total. The summed E-state index contributed by atoms with van der Waals surface area (Å²) in [6.45, 7) is 2.28. The van der Waals surface area contributed by atoms with Gasteiger partial charge in [0.2, 0.25) is 35.4 Å². The van der Waals surface area contributed by atoms with Gasteiger partial charge in [0.25, 0.3) is 0 Å². The Morgan fingerprint density at radius 2 is 1.12 bits per heavy atom. The molecule has 0 aliphatic heterocycles. The molecule has 0 spiro atoms. The molecular weight excluding hydrogens is 550 g/mol. The van der Waals surface area contributed by atoms with Gasteiger partial charge in [-0.25, -0.2) is 18.9 Å². The number of nitrogens with zero attached hydrogens (tertiary/aromatic N) is 2. The van der Waals surface area contributed by atoms with E-state index in [1.54, 1.807) is 0 Å². The Labute approximate surface area is 238 Å². The minimum absolute atomic E-state index is 0.0233. The van der Waals surface area contributed by atoms with Crippen molar-refractivity contribution in [2.75, 3.05) is 39.3 Å². The molecule has 0 aromatic carbocycles. The number of rotatable bonds is 22. The highest BCUT2D eigenvalue weighted by molar-refractivity contribution is 5.83. The van der Waals surface area contributed by atoms with Gasteiger partial charge < -0.3 is 21.3 Å². The van der Waals surface area contributed by atoms with E-state index in [0.29, 0.717) is 35.9 Å². The van der Waals surface area contributed by atoms with E-state index in [1.807, 2.05) is 0 Å². The lowest BCUT2D eigenvalue weighted by atomic mass is 10.2. The lowest BCUT2D eigenvalue weighted by Crippen LogP contribution is -2.34. The zero-order chi connectivity index (χ0) is 31.2. The zero-order valence-corrected chi connectivity index (χ0v) is 23.8. The van der Waals surface area contributed by atoms with Gasteiger partial charge in [-0.15, -0.1) is 0 Å². The Morgan fingerprint density at radius 1 is 0.610 bits per heavy atom. The van der Waals surface area contributed by atoms with Crippen LogP contribution in [0.25, 0.3) is 0 Å². The predicted octanol–water partition coefficient (Wildman–Crippen LogP) is 0.114. The molecule has 0 fully saturated rings. The fourth-order valence-corrected chi connectivity index (χ4v) is 3.27. The van der Waals surface area contributed by atoms with Gasteiger partial charge in [0.05, 0.1) is 6.54 Å². The van der Waals surface area contributed by atoms with E-state index < -0.39 is 36.0 Å². The molecule has 236 valence electrons. The quantitative estimate of drug-likeness (QED) is 0.0577. The van der Waals surface area contributed by atoms with Crippen LogP contribution in [-0.2, 0) is 28.8 Å². The summed E-state index contributed by atoms with van der Waals surface area (Å²) in [5.74, 6) is -3.01. The minimum Gasteiger partial charge on any atom is -0.356 e. The molecule has 2 unspecified atom stereocenters. The molecule has 0 saturated heterocycles. The van der Waals surface area contributed by atoms with Crippen LogP contribution in [0.15, 0.2) is 0 Å². The average molecular weight is 595 g/mol. The highest BCUT2D eigenvalue weighted by Crippen LogP contribution is 2.04. The van der Waals surface area contributed by atoms with Crippen LogP contribution in [0.2, 0.25) is 0 Å². The molecule has 0 aromatic rings. The van der Waals surface area contributed by atoms with Gasteiger partial charge >= 0.3 is 0 Å². The van der Waals surface area contributed by atoms with Crippen LogP contribution in [0, 0.1) is 0 Å².